The summed E-state index contributed by atoms with van der Waals surface area (Å²) < 4.78 is 53.1. The number of aliphatic hydroxyl groups is 1. The lowest BCUT2D eigenvalue weighted by Crippen LogP contribution is -2.33. The fourth-order valence-electron chi connectivity index (χ4n) is 1.81. The average Bonchev–Trinajstić information content (AvgIpc) is 2.37. The molecule has 0 fully saturated rings. The van der Waals surface area contributed by atoms with Crippen LogP contribution in [-0.2, 0) is 4.74 Å². The molecule has 0 rings (SSSR count). The minimum atomic E-state index is -4.14. The molecule has 1 unspecified atom stereocenters. The molecule has 0 amide bonds. The molecule has 0 heterocycles. The predicted molar refractivity (Wildman–Crippen MR) is 70.4 cm³/mol. The summed E-state index contributed by atoms with van der Waals surface area (Å²) in [4.78, 5) is 0. The van der Waals surface area contributed by atoms with Crippen LogP contribution in [0, 0.1) is 0 Å². The summed E-state index contributed by atoms with van der Waals surface area (Å²) in [5.41, 5.74) is 0. The van der Waals surface area contributed by atoms with Crippen molar-refractivity contribution in [2.75, 3.05) is 13.2 Å². The molecule has 0 aliphatic heterocycles. The van der Waals surface area contributed by atoms with E-state index < -0.39 is 25.1 Å². The Hall–Kier alpha value is -0.360. The van der Waals surface area contributed by atoms with Crippen molar-refractivity contribution in [3.63, 3.8) is 0 Å². The number of aliphatic hydroxyl groups excluding tert-OH is 1. The monoisotopic (exact) mass is 302 g/mol. The molecule has 0 aliphatic rings. The Morgan fingerprint density at radius 1 is 1.00 bits per heavy atom. The molecule has 2 nitrogen and oxygen atoms in total. The second kappa shape index (κ2) is 11.3. The zero-order valence-electron chi connectivity index (χ0n) is 12.1. The van der Waals surface area contributed by atoms with Crippen molar-refractivity contribution in [3.05, 3.63) is 0 Å². The second-order valence-corrected chi connectivity index (χ2v) is 5.14. The van der Waals surface area contributed by atoms with E-state index in [2.05, 4.69) is 11.7 Å². The van der Waals surface area contributed by atoms with Crippen LogP contribution in [0.5, 0.6) is 0 Å². The first-order valence-electron chi connectivity index (χ1n) is 7.32. The summed E-state index contributed by atoms with van der Waals surface area (Å²) in [6, 6.07) is 0. The minimum absolute atomic E-state index is 0.321. The van der Waals surface area contributed by atoms with Gasteiger partial charge in [-0.25, -0.2) is 8.78 Å². The zero-order valence-corrected chi connectivity index (χ0v) is 12.1. The number of rotatable bonds is 13. The standard InChI is InChI=1S/C14H26F4O2/c1-2-3-4-5-6-7-8-9-12(19)10-20-11-14(17,18)13(15)16/h12-13,19H,2-11H2,1H3. The SMILES string of the molecule is CCCCCCCCCC(O)COCC(F)(F)C(F)F. The van der Waals surface area contributed by atoms with Gasteiger partial charge in [0.1, 0.15) is 6.61 Å². The summed E-state index contributed by atoms with van der Waals surface area (Å²) in [7, 11) is 0. The molecule has 0 spiro atoms. The molecule has 1 N–H and O–H groups in total. The largest absolute Gasteiger partial charge is 0.391 e. The lowest BCUT2D eigenvalue weighted by atomic mass is 10.1. The predicted octanol–water partition coefficient (Wildman–Crippen LogP) is 4.41. The first-order chi connectivity index (χ1) is 9.40. The Kier molecular flexibility index (Phi) is 11.1. The molecule has 0 aromatic heterocycles. The third-order valence-electron chi connectivity index (χ3n) is 3.06. The van der Waals surface area contributed by atoms with Crippen LogP contribution in [0.2, 0.25) is 0 Å². The summed E-state index contributed by atoms with van der Waals surface area (Å²) in [6.07, 6.45) is 3.53. The van der Waals surface area contributed by atoms with Crippen LogP contribution in [0.25, 0.3) is 0 Å². The lowest BCUT2D eigenvalue weighted by molar-refractivity contribution is -0.170. The molecule has 1 atom stereocenters. The third-order valence-corrected chi connectivity index (χ3v) is 3.06. The van der Waals surface area contributed by atoms with E-state index in [4.69, 9.17) is 0 Å². The molecule has 122 valence electrons. The van der Waals surface area contributed by atoms with Crippen molar-refractivity contribution in [1.82, 2.24) is 0 Å². The highest BCUT2D eigenvalue weighted by Gasteiger charge is 2.41. The molecular weight excluding hydrogens is 276 g/mol. The highest BCUT2D eigenvalue weighted by atomic mass is 19.3. The van der Waals surface area contributed by atoms with Crippen molar-refractivity contribution in [2.24, 2.45) is 0 Å². The first-order valence-corrected chi connectivity index (χ1v) is 7.32. The van der Waals surface area contributed by atoms with Gasteiger partial charge in [-0.15, -0.1) is 0 Å². The zero-order chi connectivity index (χ0) is 15.4. The highest BCUT2D eigenvalue weighted by molar-refractivity contribution is 4.68. The van der Waals surface area contributed by atoms with Crippen LogP contribution < -0.4 is 0 Å². The average molecular weight is 302 g/mol. The molecule has 20 heavy (non-hydrogen) atoms. The van der Waals surface area contributed by atoms with Crippen molar-refractivity contribution in [1.29, 1.82) is 0 Å². The summed E-state index contributed by atoms with van der Waals surface area (Å²) in [5.74, 6) is -4.14. The van der Waals surface area contributed by atoms with Gasteiger partial charge in [-0.05, 0) is 6.42 Å². The van der Waals surface area contributed by atoms with E-state index in [1.165, 1.54) is 25.7 Å². The number of ether oxygens (including phenoxy) is 1. The van der Waals surface area contributed by atoms with E-state index in [0.717, 1.165) is 19.3 Å². The number of alkyl halides is 4. The summed E-state index contributed by atoms with van der Waals surface area (Å²) >= 11 is 0. The Morgan fingerprint density at radius 3 is 2.10 bits per heavy atom. The van der Waals surface area contributed by atoms with Gasteiger partial charge in [-0.2, -0.15) is 8.78 Å². The molecule has 0 aromatic rings. The number of halogens is 4. The van der Waals surface area contributed by atoms with Gasteiger partial charge in [0, 0.05) is 0 Å². The van der Waals surface area contributed by atoms with Gasteiger partial charge in [-0.1, -0.05) is 51.9 Å². The fraction of sp³-hybridized carbons (Fsp3) is 1.00. The Labute approximate surface area is 118 Å². The molecule has 6 heteroatoms. The van der Waals surface area contributed by atoms with E-state index in [1.54, 1.807) is 0 Å². The van der Waals surface area contributed by atoms with E-state index in [0.29, 0.717) is 6.42 Å². The number of hydrogen-bond acceptors (Lipinski definition) is 2. The quantitative estimate of drug-likeness (QED) is 0.403. The van der Waals surface area contributed by atoms with Crippen LogP contribution in [0.1, 0.15) is 58.3 Å². The maximum absolute atomic E-state index is 12.5. The van der Waals surface area contributed by atoms with Gasteiger partial charge < -0.3 is 9.84 Å². The van der Waals surface area contributed by atoms with Gasteiger partial charge in [0.15, 0.2) is 0 Å². The number of unbranched alkanes of at least 4 members (excludes halogenated alkanes) is 6. The Bertz CT molecular complexity index is 225. The normalized spacial score (nSPS) is 13.9. The summed E-state index contributed by atoms with van der Waals surface area (Å²) in [5, 5.41) is 9.47. The highest BCUT2D eigenvalue weighted by Crippen LogP contribution is 2.23. The van der Waals surface area contributed by atoms with Crippen molar-refractivity contribution in [3.8, 4) is 0 Å². The minimum Gasteiger partial charge on any atom is -0.391 e. The maximum atomic E-state index is 12.5. The van der Waals surface area contributed by atoms with Gasteiger partial charge in [0.05, 0.1) is 12.7 Å². The topological polar surface area (TPSA) is 29.5 Å². The number of hydrogen-bond donors (Lipinski definition) is 1. The Morgan fingerprint density at radius 2 is 1.55 bits per heavy atom. The van der Waals surface area contributed by atoms with Gasteiger partial charge >= 0.3 is 12.3 Å². The Balaban J connectivity index is 3.44. The van der Waals surface area contributed by atoms with Gasteiger partial charge in [-0.3, -0.25) is 0 Å². The second-order valence-electron chi connectivity index (χ2n) is 5.14. The van der Waals surface area contributed by atoms with Gasteiger partial charge in [0.25, 0.3) is 0 Å². The summed E-state index contributed by atoms with van der Waals surface area (Å²) in [6.45, 7) is 0.477. The maximum Gasteiger partial charge on any atom is 0.330 e. The molecular formula is C14H26F4O2. The molecule has 0 bridgehead atoms. The molecule has 0 aliphatic carbocycles. The van der Waals surface area contributed by atoms with Crippen molar-refractivity contribution < 1.29 is 27.4 Å². The van der Waals surface area contributed by atoms with Crippen LogP contribution in [-0.4, -0.2) is 36.8 Å². The molecule has 0 saturated carbocycles. The molecule has 0 saturated heterocycles. The van der Waals surface area contributed by atoms with Crippen LogP contribution in [0.4, 0.5) is 17.6 Å². The van der Waals surface area contributed by atoms with Crippen LogP contribution >= 0.6 is 0 Å². The molecule has 0 radical (unpaired) electrons. The first kappa shape index (κ1) is 19.6. The van der Waals surface area contributed by atoms with Crippen molar-refractivity contribution in [2.45, 2.75) is 76.7 Å². The lowest BCUT2D eigenvalue weighted by Gasteiger charge is -2.17. The van der Waals surface area contributed by atoms with E-state index in [-0.39, 0.29) is 6.61 Å². The smallest absolute Gasteiger partial charge is 0.330 e. The van der Waals surface area contributed by atoms with E-state index >= 15 is 0 Å². The van der Waals surface area contributed by atoms with Gasteiger partial charge in [0.2, 0.25) is 0 Å². The third kappa shape index (κ3) is 10.4. The molecule has 0 aromatic carbocycles. The van der Waals surface area contributed by atoms with Crippen molar-refractivity contribution >= 4 is 0 Å². The fourth-order valence-corrected chi connectivity index (χ4v) is 1.81. The van der Waals surface area contributed by atoms with Crippen LogP contribution in [0.3, 0.4) is 0 Å². The van der Waals surface area contributed by atoms with Crippen LogP contribution in [0.15, 0.2) is 0 Å². The van der Waals surface area contributed by atoms with E-state index in [1.807, 2.05) is 0 Å². The van der Waals surface area contributed by atoms with E-state index in [9.17, 15) is 22.7 Å².